The molecule has 2 aromatic heterocycles. The van der Waals surface area contributed by atoms with E-state index in [-0.39, 0.29) is 84.2 Å². The number of halogens is 3. The van der Waals surface area contributed by atoms with E-state index >= 15 is 0 Å². The molecule has 0 bridgehead atoms. The number of aromatic nitrogens is 2. The number of nitrogens with zero attached hydrogens (tertiary/aromatic N) is 3. The van der Waals surface area contributed by atoms with Gasteiger partial charge in [0.25, 0.3) is 11.8 Å². The summed E-state index contributed by atoms with van der Waals surface area (Å²) in [5.41, 5.74) is 4.73. The van der Waals surface area contributed by atoms with Crippen LogP contribution in [0.3, 0.4) is 0 Å². The summed E-state index contributed by atoms with van der Waals surface area (Å²) in [7, 11) is 0. The number of primary amides is 1. The van der Waals surface area contributed by atoms with Crippen LogP contribution in [0.4, 0.5) is 18.9 Å². The summed E-state index contributed by atoms with van der Waals surface area (Å²) >= 11 is 0. The van der Waals surface area contributed by atoms with E-state index in [4.69, 9.17) is 19.9 Å². The Hall–Kier alpha value is -5.99. The Labute approximate surface area is 423 Å². The number of likely N-dealkylation sites (tertiary alicyclic amines) is 1. The summed E-state index contributed by atoms with van der Waals surface area (Å²) in [6.07, 6.45) is 7.58. The third-order valence-corrected chi connectivity index (χ3v) is 15.4. The summed E-state index contributed by atoms with van der Waals surface area (Å²) in [6, 6.07) is 13.0. The van der Waals surface area contributed by atoms with Gasteiger partial charge in [0.2, 0.25) is 23.6 Å². The summed E-state index contributed by atoms with van der Waals surface area (Å²) < 4.78 is 61.0. The molecule has 0 spiro atoms. The number of benzene rings is 1. The third-order valence-electron chi connectivity index (χ3n) is 15.4. The first-order chi connectivity index (χ1) is 35.0. The van der Waals surface area contributed by atoms with Gasteiger partial charge in [0.05, 0.1) is 30.8 Å². The molecule has 8 rings (SSSR count). The lowest BCUT2D eigenvalue weighted by atomic mass is 9.77. The van der Waals surface area contributed by atoms with E-state index in [2.05, 4.69) is 31.2 Å². The van der Waals surface area contributed by atoms with Crippen molar-refractivity contribution >= 4 is 41.1 Å². The molecule has 394 valence electrons. The number of carbonyl (C=O) groups excluding carboxylic acids is 6. The lowest BCUT2D eigenvalue weighted by Crippen LogP contribution is -2.47. The number of nitrogens with one attached hydrogen (secondary N) is 4. The van der Waals surface area contributed by atoms with Crippen LogP contribution in [0.25, 0.3) is 0 Å². The number of carbonyl (C=O) groups is 6. The highest BCUT2D eigenvalue weighted by Gasteiger charge is 2.65. The minimum absolute atomic E-state index is 0.0219. The topological polar surface area (TPSA) is 233 Å². The number of anilines is 1. The Morgan fingerprint density at radius 2 is 1.55 bits per heavy atom. The zero-order valence-electron chi connectivity index (χ0n) is 41.4. The van der Waals surface area contributed by atoms with Crippen molar-refractivity contribution in [2.75, 3.05) is 25.1 Å². The zero-order valence-corrected chi connectivity index (χ0v) is 41.4. The number of amides is 6. The first-order valence-corrected chi connectivity index (χ1v) is 25.7. The summed E-state index contributed by atoms with van der Waals surface area (Å²) in [5, 5.41) is 11.6. The Morgan fingerprint density at radius 1 is 0.849 bits per heavy atom. The van der Waals surface area contributed by atoms with Crippen molar-refractivity contribution in [1.82, 2.24) is 30.8 Å². The van der Waals surface area contributed by atoms with Gasteiger partial charge < -0.3 is 46.1 Å². The number of nitrogens with two attached hydrogens (primary N) is 1. The summed E-state index contributed by atoms with van der Waals surface area (Å²) in [4.78, 5) is 87.3. The van der Waals surface area contributed by atoms with Gasteiger partial charge in [-0.25, -0.2) is 0 Å². The second-order valence-corrected chi connectivity index (χ2v) is 20.4. The minimum Gasteiger partial charge on any atom is -0.378 e. The van der Waals surface area contributed by atoms with Crippen LogP contribution >= 0.6 is 0 Å². The van der Waals surface area contributed by atoms with Crippen LogP contribution in [0, 0.1) is 17.8 Å². The lowest BCUT2D eigenvalue weighted by Gasteiger charge is -2.31. The van der Waals surface area contributed by atoms with Crippen LogP contribution in [0.15, 0.2) is 67.1 Å². The average Bonchev–Trinajstić information content (AvgIpc) is 4.10. The summed E-state index contributed by atoms with van der Waals surface area (Å²) in [5.74, 6) is -4.76. The zero-order chi connectivity index (χ0) is 51.9. The molecular weight excluding hydrogens is 950 g/mol. The molecule has 0 radical (unpaired) electrons. The second-order valence-electron chi connectivity index (χ2n) is 20.4. The van der Waals surface area contributed by atoms with Gasteiger partial charge in [-0.2, -0.15) is 13.2 Å². The highest BCUT2D eigenvalue weighted by atomic mass is 19.4. The normalized spacial score (nSPS) is 28.3. The molecule has 20 heteroatoms. The van der Waals surface area contributed by atoms with Crippen molar-refractivity contribution in [3.63, 3.8) is 0 Å². The average molecular weight is 1020 g/mol. The number of alkyl halides is 3. The van der Waals surface area contributed by atoms with Gasteiger partial charge in [-0.15, -0.1) is 0 Å². The highest BCUT2D eigenvalue weighted by Crippen LogP contribution is 2.53. The van der Waals surface area contributed by atoms with E-state index in [1.54, 1.807) is 36.7 Å². The molecule has 6 amide bonds. The molecule has 2 aliphatic heterocycles. The van der Waals surface area contributed by atoms with Crippen LogP contribution in [0.5, 0.6) is 0 Å². The van der Waals surface area contributed by atoms with Crippen molar-refractivity contribution in [3.8, 4) is 0 Å². The summed E-state index contributed by atoms with van der Waals surface area (Å²) in [6.45, 7) is 3.76. The predicted octanol–water partition coefficient (Wildman–Crippen LogP) is 5.94. The van der Waals surface area contributed by atoms with Crippen molar-refractivity contribution in [3.05, 3.63) is 89.5 Å². The molecule has 6 N–H and O–H groups in total. The quantitative estimate of drug-likeness (QED) is 0.0832. The van der Waals surface area contributed by atoms with Gasteiger partial charge in [-0.1, -0.05) is 37.3 Å². The number of hydrogen-bond donors (Lipinski definition) is 5. The fraction of sp³-hybridized carbons (Fsp3) is 0.585. The van der Waals surface area contributed by atoms with Crippen LogP contribution in [-0.2, 0) is 44.7 Å². The van der Waals surface area contributed by atoms with Crippen LogP contribution < -0.4 is 27.0 Å². The van der Waals surface area contributed by atoms with Crippen molar-refractivity contribution in [2.45, 2.75) is 158 Å². The van der Waals surface area contributed by atoms with Crippen LogP contribution in [0.2, 0.25) is 0 Å². The van der Waals surface area contributed by atoms with Crippen molar-refractivity contribution < 1.29 is 56.1 Å². The molecule has 1 aromatic carbocycles. The van der Waals surface area contributed by atoms with E-state index in [0.29, 0.717) is 63.8 Å². The molecule has 3 aromatic rings. The van der Waals surface area contributed by atoms with Gasteiger partial charge >= 0.3 is 6.18 Å². The van der Waals surface area contributed by atoms with E-state index in [0.717, 1.165) is 56.6 Å². The van der Waals surface area contributed by atoms with Gasteiger partial charge in [-0.3, -0.25) is 38.7 Å². The molecule has 5 aliphatic rings. The predicted molar refractivity (Wildman–Crippen MR) is 260 cm³/mol. The molecular formula is C53H67F3N8O9. The monoisotopic (exact) mass is 1020 g/mol. The van der Waals surface area contributed by atoms with Gasteiger partial charge in [0.15, 0.2) is 5.60 Å². The third kappa shape index (κ3) is 13.0. The first kappa shape index (κ1) is 53.3. The van der Waals surface area contributed by atoms with Crippen LogP contribution in [0.1, 0.15) is 136 Å². The fourth-order valence-corrected chi connectivity index (χ4v) is 11.0. The molecule has 3 aliphatic carbocycles. The lowest BCUT2D eigenvalue weighted by molar-refractivity contribution is -0.272. The maximum absolute atomic E-state index is 14.4. The maximum atomic E-state index is 14.4. The molecule has 3 saturated carbocycles. The first-order valence-electron chi connectivity index (χ1n) is 25.7. The number of ether oxygens (including phenoxy) is 3. The van der Waals surface area contributed by atoms with Gasteiger partial charge in [0.1, 0.15) is 11.8 Å². The van der Waals surface area contributed by atoms with Crippen molar-refractivity contribution in [2.24, 2.45) is 23.5 Å². The van der Waals surface area contributed by atoms with Crippen LogP contribution in [-0.4, -0.2) is 112 Å². The Bertz CT molecular complexity index is 2430. The second kappa shape index (κ2) is 23.5. The largest absolute Gasteiger partial charge is 0.417 e. The Balaban J connectivity index is 0.687. The van der Waals surface area contributed by atoms with E-state index in [9.17, 15) is 41.9 Å². The number of pyridine rings is 2. The van der Waals surface area contributed by atoms with E-state index in [1.807, 2.05) is 17.0 Å². The standard InChI is InChI=1S/C53H67F3N8O9/c1-31-45(47(73-52(31,2)53(54,55)56)51(70)63-37-21-23-59-42(27-37)48(57)67)33-9-7-32(8-10-33)29-61-49(68)34-11-13-36(14-12-34)62-43(65)6-4-25-71-39-17-19-40(20-18-39)72-26-24-60-50(69)41-28-44(66)64(38-15-16-38)46(41)35-5-3-22-58-30-35/h3,5,7-10,21-23,27,30-31,34,36,38-41,45-47H,4,6,11-20,24-26,28-29H2,1-2H3,(H2,57,67)(H,60,69)(H,61,68)(H,62,65)(H,59,63,70)/t31-,34?,36?,39?,40?,41-,45-,46+,47+,52+/m0/s1. The maximum Gasteiger partial charge on any atom is 0.417 e. The Morgan fingerprint density at radius 3 is 2.19 bits per heavy atom. The SMILES string of the molecule is C[C@H]1[C@@H](c2ccc(CNC(=O)C3CCC(NC(=O)CCCOC4CCC(OCCNC(=O)[C@H]5CC(=O)N(C6CC6)[C@@H]5c5cccnc5)CC4)CC3)cc2)[C@H](C(=O)Nc2ccnc(C(N)=O)c2)O[C@@]1(C)C(F)(F)F. The van der Waals surface area contributed by atoms with Gasteiger partial charge in [0, 0.05) is 86.7 Å². The molecule has 0 unspecified atom stereocenters. The molecule has 5 fully saturated rings. The molecule has 17 nitrogen and oxygen atoms in total. The van der Waals surface area contributed by atoms with Gasteiger partial charge in [-0.05, 0) is 112 Å². The molecule has 6 atom stereocenters. The molecule has 73 heavy (non-hydrogen) atoms. The van der Waals surface area contributed by atoms with E-state index in [1.165, 1.54) is 25.3 Å². The minimum atomic E-state index is -4.78. The number of hydrogen-bond acceptors (Lipinski definition) is 11. The smallest absolute Gasteiger partial charge is 0.378 e. The van der Waals surface area contributed by atoms with Crippen molar-refractivity contribution in [1.29, 1.82) is 0 Å². The molecule has 4 heterocycles. The highest BCUT2D eigenvalue weighted by molar-refractivity contribution is 5.97. The Kier molecular flexibility index (Phi) is 17.1. The number of rotatable bonds is 20. The van der Waals surface area contributed by atoms with E-state index < -0.39 is 47.4 Å². The molecule has 2 saturated heterocycles. The fourth-order valence-electron chi connectivity index (χ4n) is 11.0.